The molecule has 32 unspecified atom stereocenters. The first-order valence-corrected chi connectivity index (χ1v) is 42.5. The van der Waals surface area contributed by atoms with E-state index in [0.29, 0.717) is 156 Å². The standard InChI is InChI=1S/3C12H20F2O.4C11H18F2O.C10H16F2O.8H2O/c3*1-3-4-5-8-15-10-7-6-9(2)11(13)12(10)14;4*1-3-4-7-14-9-6-5-8(2)10(12)11(9)13;1-3-6-13-8-5-4-7(2)9(11)10(8)12;;;;;;;;/h3*4-5,9-12H,3,6-8H2,1-2H3;4*3-4,8-11H,5-7H2,1-2H3;3,7-10H,1,4-6H2,2H3;8*1H2/b3*5-4-;4*4-3-;;;;;;;;;. The van der Waals surface area contributed by atoms with Crippen molar-refractivity contribution >= 4 is 0 Å². The van der Waals surface area contributed by atoms with Crippen molar-refractivity contribution in [2.24, 2.45) is 47.3 Å². The van der Waals surface area contributed by atoms with Gasteiger partial charge >= 0.3 is 0 Å². The predicted molar refractivity (Wildman–Crippen MR) is 460 cm³/mol. The van der Waals surface area contributed by atoms with E-state index in [1.807, 2.05) is 109 Å². The van der Waals surface area contributed by atoms with Gasteiger partial charge in [0.1, 0.15) is 49.4 Å². The molecule has 0 aromatic rings. The minimum Gasteiger partial charge on any atom is -0.412 e. The maximum Gasteiger partial charge on any atom is 0.157 e. The quantitative estimate of drug-likeness (QED) is 0.0560. The zero-order chi connectivity index (χ0) is 85.8. The lowest BCUT2D eigenvalue weighted by atomic mass is 9.85. The third kappa shape index (κ3) is 50.8. The summed E-state index contributed by atoms with van der Waals surface area (Å²) >= 11 is 0. The zero-order valence-electron chi connectivity index (χ0n) is 75.2. The molecule has 0 aromatic heterocycles. The average Bonchev–Trinajstić information content (AvgIpc) is 0.924. The Bertz CT molecular complexity index is 2330. The molecule has 0 amide bonds. The predicted octanol–water partition coefficient (Wildman–Crippen LogP) is 18.6. The SMILES string of the molecule is C/C=C\COC1CCC(C)C(F)C1F.C/C=C\COC1CCC(C)C(F)C1F.C/C=C\COC1CCC(C)C(F)C1F.C/C=C\COC1CCC(C)C(F)C1F.C=CCOC1CCC(C)C(F)C1F.CC/C=C\COC1CCC(C)C(F)C1F.CC/C=C\COC1CCC(C)C(F)C1F.CC/C=C\COC1CCC(C)C(F)C1F.O.O.O.O.O.O.O.O. The molecule has 0 aliphatic heterocycles. The molecule has 0 heterocycles. The molecule has 32 heteroatoms. The van der Waals surface area contributed by atoms with E-state index in [2.05, 4.69) is 6.58 Å². The van der Waals surface area contributed by atoms with Crippen LogP contribution < -0.4 is 0 Å². The lowest BCUT2D eigenvalue weighted by Gasteiger charge is -2.32. The van der Waals surface area contributed by atoms with Gasteiger partial charge in [0, 0.05) is 0 Å². The molecule has 0 radical (unpaired) electrons. The smallest absolute Gasteiger partial charge is 0.157 e. The molecule has 122 heavy (non-hydrogen) atoms. The van der Waals surface area contributed by atoms with Gasteiger partial charge in [-0.05, 0) is 197 Å². The third-order valence-electron chi connectivity index (χ3n) is 22.3. The highest BCUT2D eigenvalue weighted by atomic mass is 19.2. The Balaban J connectivity index is -0.000000201. The lowest BCUT2D eigenvalue weighted by molar-refractivity contribution is -0.0631. The molecule has 732 valence electrons. The summed E-state index contributed by atoms with van der Waals surface area (Å²) in [6, 6.07) is 0. The van der Waals surface area contributed by atoms with Crippen LogP contribution in [0.3, 0.4) is 0 Å². The van der Waals surface area contributed by atoms with Gasteiger partial charge in [0.05, 0.1) is 102 Å². The summed E-state index contributed by atoms with van der Waals surface area (Å²) in [7, 11) is 0. The molecule has 16 nitrogen and oxygen atoms in total. The Morgan fingerprint density at radius 3 is 0.434 bits per heavy atom. The highest BCUT2D eigenvalue weighted by molar-refractivity contribution is 4.96. The van der Waals surface area contributed by atoms with Crippen molar-refractivity contribution in [3.63, 3.8) is 0 Å². The topological polar surface area (TPSA) is 326 Å². The fourth-order valence-electron chi connectivity index (χ4n) is 14.1. The fourth-order valence-corrected chi connectivity index (χ4v) is 14.1. The Labute approximate surface area is 720 Å². The van der Waals surface area contributed by atoms with Crippen LogP contribution in [0.25, 0.3) is 0 Å². The Morgan fingerprint density at radius 1 is 0.197 bits per heavy atom. The van der Waals surface area contributed by atoms with Crippen molar-refractivity contribution < 1.29 is 152 Å². The lowest BCUT2D eigenvalue weighted by Crippen LogP contribution is -2.41. The first kappa shape index (κ1) is 134. The molecular formula is C90H164F16O16. The van der Waals surface area contributed by atoms with E-state index in [1.165, 1.54) is 0 Å². The van der Waals surface area contributed by atoms with Gasteiger partial charge in [-0.2, -0.15) is 0 Å². The van der Waals surface area contributed by atoms with Crippen molar-refractivity contribution in [3.05, 3.63) is 97.7 Å². The summed E-state index contributed by atoms with van der Waals surface area (Å²) in [4.78, 5) is 0. The fraction of sp³-hybridized carbons (Fsp3) is 0.822. The van der Waals surface area contributed by atoms with Crippen LogP contribution in [-0.2, 0) is 37.9 Å². The van der Waals surface area contributed by atoms with E-state index in [9.17, 15) is 70.2 Å². The summed E-state index contributed by atoms with van der Waals surface area (Å²) in [6.45, 7) is 34.0. The number of hydrogen-bond donors (Lipinski definition) is 0. The van der Waals surface area contributed by atoms with Crippen LogP contribution in [0.5, 0.6) is 0 Å². The summed E-state index contributed by atoms with van der Waals surface area (Å²) in [6.07, 6.45) is 14.0. The number of ether oxygens (including phenoxy) is 8. The van der Waals surface area contributed by atoms with Crippen LogP contribution in [-0.4, -0.2) is 244 Å². The second-order valence-corrected chi connectivity index (χ2v) is 31.7. The number of alkyl halides is 16. The minimum atomic E-state index is -1.47. The summed E-state index contributed by atoms with van der Waals surface area (Å²) in [5, 5.41) is 0. The van der Waals surface area contributed by atoms with Gasteiger partial charge in [0.2, 0.25) is 0 Å². The average molecular weight is 1810 g/mol. The van der Waals surface area contributed by atoms with E-state index in [4.69, 9.17) is 37.9 Å². The Kier molecular flexibility index (Phi) is 85.7. The van der Waals surface area contributed by atoms with Gasteiger partial charge in [-0.25, -0.2) is 70.2 Å². The molecule has 0 bridgehead atoms. The molecule has 8 aliphatic rings. The van der Waals surface area contributed by atoms with Crippen LogP contribution in [0.4, 0.5) is 70.2 Å². The second kappa shape index (κ2) is 78.2. The molecule has 8 fully saturated rings. The molecule has 8 rings (SSSR count). The van der Waals surface area contributed by atoms with Crippen LogP contribution in [0, 0.1) is 47.3 Å². The summed E-state index contributed by atoms with van der Waals surface area (Å²) in [5.74, 6) is -1.40. The highest BCUT2D eigenvalue weighted by Gasteiger charge is 2.45. The van der Waals surface area contributed by atoms with E-state index >= 15 is 0 Å². The van der Waals surface area contributed by atoms with Crippen LogP contribution in [0.1, 0.15) is 226 Å². The van der Waals surface area contributed by atoms with Crippen LogP contribution >= 0.6 is 0 Å². The first-order valence-electron chi connectivity index (χ1n) is 42.5. The van der Waals surface area contributed by atoms with Crippen molar-refractivity contribution in [2.75, 3.05) is 52.9 Å². The van der Waals surface area contributed by atoms with Crippen LogP contribution in [0.15, 0.2) is 97.7 Å². The molecule has 0 spiro atoms. The molecule has 32 atom stereocenters. The maximum absolute atomic E-state index is 13.5. The van der Waals surface area contributed by atoms with Gasteiger partial charge in [-0.3, -0.25) is 0 Å². The second-order valence-electron chi connectivity index (χ2n) is 31.7. The summed E-state index contributed by atoms with van der Waals surface area (Å²) < 4.78 is 256. The van der Waals surface area contributed by atoms with Gasteiger partial charge < -0.3 is 81.7 Å². The molecule has 16 N–H and O–H groups in total. The molecule has 8 aliphatic carbocycles. The van der Waals surface area contributed by atoms with Gasteiger partial charge in [-0.15, -0.1) is 6.58 Å². The zero-order valence-corrected chi connectivity index (χ0v) is 75.2. The Morgan fingerprint density at radius 2 is 0.320 bits per heavy atom. The number of hydrogen-bond acceptors (Lipinski definition) is 8. The van der Waals surface area contributed by atoms with E-state index in [0.717, 1.165) is 19.3 Å². The molecular weight excluding hydrogens is 1640 g/mol. The van der Waals surface area contributed by atoms with E-state index in [-0.39, 0.29) is 91.2 Å². The minimum absolute atomic E-state index is 0. The van der Waals surface area contributed by atoms with Crippen molar-refractivity contribution in [1.29, 1.82) is 0 Å². The first-order chi connectivity index (χ1) is 54.3. The number of allylic oxidation sites excluding steroid dienone is 7. The monoisotopic (exact) mass is 1810 g/mol. The Hall–Kier alpha value is -3.84. The summed E-state index contributed by atoms with van der Waals surface area (Å²) in [5.41, 5.74) is 0. The van der Waals surface area contributed by atoms with E-state index < -0.39 is 148 Å². The largest absolute Gasteiger partial charge is 0.412 e. The normalized spacial score (nSPS) is 36.0. The number of rotatable bonds is 27. The van der Waals surface area contributed by atoms with Crippen LogP contribution in [0.2, 0.25) is 0 Å². The third-order valence-corrected chi connectivity index (χ3v) is 22.3. The van der Waals surface area contributed by atoms with E-state index in [1.54, 1.807) is 85.8 Å². The molecule has 0 saturated heterocycles. The van der Waals surface area contributed by atoms with Gasteiger partial charge in [-0.1, -0.05) is 167 Å². The van der Waals surface area contributed by atoms with Gasteiger partial charge in [0.25, 0.3) is 0 Å². The van der Waals surface area contributed by atoms with Gasteiger partial charge in [0.15, 0.2) is 49.4 Å². The van der Waals surface area contributed by atoms with Crippen molar-refractivity contribution in [2.45, 2.75) is 373 Å². The van der Waals surface area contributed by atoms with Crippen molar-refractivity contribution in [3.8, 4) is 0 Å². The molecule has 0 aromatic carbocycles. The molecule has 8 saturated carbocycles. The van der Waals surface area contributed by atoms with Crippen molar-refractivity contribution in [1.82, 2.24) is 0 Å². The number of halogens is 16. The maximum atomic E-state index is 13.5. The highest BCUT2D eigenvalue weighted by Crippen LogP contribution is 2.38.